The number of nitrogens with one attached hydrogen (secondary N) is 1. The summed E-state index contributed by atoms with van der Waals surface area (Å²) < 4.78 is 1.92. The van der Waals surface area contributed by atoms with Crippen LogP contribution in [0.25, 0.3) is 0 Å². The van der Waals surface area contributed by atoms with Crippen molar-refractivity contribution in [2.45, 2.75) is 25.4 Å². The molecule has 0 bridgehead atoms. The maximum absolute atomic E-state index is 12.3. The second kappa shape index (κ2) is 5.22. The maximum atomic E-state index is 12.3. The van der Waals surface area contributed by atoms with Crippen molar-refractivity contribution in [2.24, 2.45) is 0 Å². The fourth-order valence-electron chi connectivity index (χ4n) is 2.51. The van der Waals surface area contributed by atoms with Gasteiger partial charge in [-0.25, -0.2) is 0 Å². The van der Waals surface area contributed by atoms with Crippen LogP contribution in [0.5, 0.6) is 0 Å². The smallest absolute Gasteiger partial charge is 0.219 e. The molecule has 3 heteroatoms. The van der Waals surface area contributed by atoms with E-state index < -0.39 is 0 Å². The fraction of sp³-hybridized carbons (Fsp3) is 0.250. The molecule has 1 unspecified atom stereocenters. The number of aromatic nitrogens is 1. The van der Waals surface area contributed by atoms with E-state index in [-0.39, 0.29) is 11.8 Å². The van der Waals surface area contributed by atoms with Crippen molar-refractivity contribution in [1.29, 1.82) is 0 Å². The number of aryl methyl sites for hydroxylation is 1. The second-order valence-electron chi connectivity index (χ2n) is 4.91. The Morgan fingerprint density at radius 2 is 1.95 bits per heavy atom. The van der Waals surface area contributed by atoms with Crippen LogP contribution in [0.4, 0.5) is 5.69 Å². The summed E-state index contributed by atoms with van der Waals surface area (Å²) in [4.78, 5) is 12.3. The minimum atomic E-state index is -0.0670. The van der Waals surface area contributed by atoms with Crippen molar-refractivity contribution >= 4 is 11.5 Å². The highest BCUT2D eigenvalue weighted by molar-refractivity contribution is 5.86. The molecular formula is C16H17N2O+. The Hall–Kier alpha value is -2.16. The minimum absolute atomic E-state index is 0.0670. The molecule has 1 aliphatic heterocycles. The third-order valence-corrected chi connectivity index (χ3v) is 3.55. The molecule has 3 nitrogen and oxygen atoms in total. The highest BCUT2D eigenvalue weighted by atomic mass is 16.1. The Kier molecular flexibility index (Phi) is 3.27. The van der Waals surface area contributed by atoms with E-state index in [0.29, 0.717) is 6.54 Å². The van der Waals surface area contributed by atoms with Crippen LogP contribution in [0, 0.1) is 0 Å². The van der Waals surface area contributed by atoms with Gasteiger partial charge in [-0.2, -0.15) is 4.57 Å². The van der Waals surface area contributed by atoms with Gasteiger partial charge in [0, 0.05) is 17.8 Å². The van der Waals surface area contributed by atoms with Crippen LogP contribution >= 0.6 is 0 Å². The number of nitrogens with zero attached hydrogens (tertiary/aromatic N) is 1. The minimum Gasteiger partial charge on any atom is -0.375 e. The largest absolute Gasteiger partial charge is 0.375 e. The molecule has 1 N–H and O–H groups in total. The van der Waals surface area contributed by atoms with E-state index in [1.165, 1.54) is 5.56 Å². The Morgan fingerprint density at radius 3 is 2.79 bits per heavy atom. The van der Waals surface area contributed by atoms with E-state index in [0.717, 1.165) is 18.5 Å². The maximum Gasteiger partial charge on any atom is 0.219 e. The Morgan fingerprint density at radius 1 is 1.16 bits per heavy atom. The second-order valence-corrected chi connectivity index (χ2v) is 4.91. The first-order valence-electron chi connectivity index (χ1n) is 6.64. The molecule has 0 spiro atoms. The lowest BCUT2D eigenvalue weighted by molar-refractivity contribution is -0.684. The summed E-state index contributed by atoms with van der Waals surface area (Å²) in [5.74, 6) is 0.241. The van der Waals surface area contributed by atoms with E-state index in [2.05, 4.69) is 11.4 Å². The molecule has 0 saturated carbocycles. The Bertz CT molecular complexity index is 580. The summed E-state index contributed by atoms with van der Waals surface area (Å²) in [6, 6.07) is 14.0. The highest BCUT2D eigenvalue weighted by Crippen LogP contribution is 2.24. The Balaban J connectivity index is 1.70. The summed E-state index contributed by atoms with van der Waals surface area (Å²) in [5.41, 5.74) is 2.41. The van der Waals surface area contributed by atoms with Crippen LogP contribution < -0.4 is 9.88 Å². The average molecular weight is 253 g/mol. The molecule has 0 radical (unpaired) electrons. The first kappa shape index (κ1) is 11.9. The molecule has 0 saturated heterocycles. The molecule has 1 aliphatic rings. The lowest BCUT2D eigenvalue weighted by Gasteiger charge is -2.25. The zero-order valence-electron chi connectivity index (χ0n) is 10.8. The number of carbonyl (C=O) groups is 1. The molecule has 1 aromatic carbocycles. The van der Waals surface area contributed by atoms with Crippen LogP contribution in [0.15, 0.2) is 54.9 Å². The predicted molar refractivity (Wildman–Crippen MR) is 73.8 cm³/mol. The van der Waals surface area contributed by atoms with Gasteiger partial charge in [0.05, 0.1) is 6.04 Å². The van der Waals surface area contributed by atoms with E-state index in [4.69, 9.17) is 0 Å². The monoisotopic (exact) mass is 253 g/mol. The zero-order chi connectivity index (χ0) is 13.1. The van der Waals surface area contributed by atoms with Gasteiger partial charge in [0.25, 0.3) is 0 Å². The normalized spacial score (nSPS) is 17.4. The number of anilines is 1. The van der Waals surface area contributed by atoms with Crippen molar-refractivity contribution in [2.75, 3.05) is 5.32 Å². The van der Waals surface area contributed by atoms with Crippen LogP contribution in [-0.4, -0.2) is 11.8 Å². The summed E-state index contributed by atoms with van der Waals surface area (Å²) in [6.07, 6.45) is 5.70. The van der Waals surface area contributed by atoms with Crippen LogP contribution in [-0.2, 0) is 17.8 Å². The van der Waals surface area contributed by atoms with Crippen LogP contribution in [0.2, 0.25) is 0 Å². The van der Waals surface area contributed by atoms with E-state index >= 15 is 0 Å². The molecule has 0 aliphatic carbocycles. The predicted octanol–water partition coefficient (Wildman–Crippen LogP) is 1.97. The third-order valence-electron chi connectivity index (χ3n) is 3.55. The number of hydrogen-bond donors (Lipinski definition) is 1. The van der Waals surface area contributed by atoms with Crippen molar-refractivity contribution in [3.63, 3.8) is 0 Å². The number of ketones is 1. The zero-order valence-corrected chi connectivity index (χ0v) is 10.8. The van der Waals surface area contributed by atoms with E-state index in [1.54, 1.807) is 0 Å². The van der Waals surface area contributed by atoms with Crippen molar-refractivity contribution in [3.8, 4) is 0 Å². The van der Waals surface area contributed by atoms with Gasteiger partial charge in [-0.1, -0.05) is 24.3 Å². The number of carbonyl (C=O) groups excluding carboxylic acids is 1. The third kappa shape index (κ3) is 2.65. The first-order valence-corrected chi connectivity index (χ1v) is 6.64. The van der Waals surface area contributed by atoms with Crippen molar-refractivity contribution in [3.05, 3.63) is 60.4 Å². The molecule has 0 fully saturated rings. The van der Waals surface area contributed by atoms with Gasteiger partial charge in [-0.15, -0.1) is 0 Å². The standard InChI is InChI=1S/C16H17N2O/c19-16(12-18-10-4-1-5-11-18)15-9-8-13-6-2-3-7-14(13)17-15/h1-7,10-11,15,17H,8-9,12H2/q+1. The van der Waals surface area contributed by atoms with Crippen molar-refractivity contribution < 1.29 is 9.36 Å². The molecule has 19 heavy (non-hydrogen) atoms. The molecule has 1 atom stereocenters. The molecular weight excluding hydrogens is 236 g/mol. The number of rotatable bonds is 3. The number of fused-ring (bicyclic) bond motifs is 1. The molecule has 0 amide bonds. The van der Waals surface area contributed by atoms with Gasteiger partial charge in [-0.3, -0.25) is 4.79 Å². The molecule has 96 valence electrons. The lowest BCUT2D eigenvalue weighted by atomic mass is 9.95. The van der Waals surface area contributed by atoms with Crippen LogP contribution in [0.1, 0.15) is 12.0 Å². The summed E-state index contributed by atoms with van der Waals surface area (Å²) >= 11 is 0. The summed E-state index contributed by atoms with van der Waals surface area (Å²) in [7, 11) is 0. The number of pyridine rings is 1. The van der Waals surface area contributed by atoms with E-state index in [1.807, 2.05) is 53.4 Å². The highest BCUT2D eigenvalue weighted by Gasteiger charge is 2.25. The number of benzene rings is 1. The number of hydrogen-bond acceptors (Lipinski definition) is 2. The molecule has 3 rings (SSSR count). The van der Waals surface area contributed by atoms with Gasteiger partial charge < -0.3 is 5.32 Å². The lowest BCUT2D eigenvalue weighted by Crippen LogP contribution is -2.44. The van der Waals surface area contributed by atoms with Crippen LogP contribution in [0.3, 0.4) is 0 Å². The van der Waals surface area contributed by atoms with Gasteiger partial charge in [0.15, 0.2) is 12.4 Å². The fourth-order valence-corrected chi connectivity index (χ4v) is 2.51. The summed E-state index contributed by atoms with van der Waals surface area (Å²) in [5, 5.41) is 3.35. The summed E-state index contributed by atoms with van der Waals surface area (Å²) in [6.45, 7) is 0.431. The molecule has 1 aromatic heterocycles. The topological polar surface area (TPSA) is 33.0 Å². The quantitative estimate of drug-likeness (QED) is 0.848. The van der Waals surface area contributed by atoms with Gasteiger partial charge >= 0.3 is 0 Å². The SMILES string of the molecule is O=C(C[n+]1ccccc1)C1CCc2ccccc2N1. The average Bonchev–Trinajstić information content (AvgIpc) is 2.48. The van der Waals surface area contributed by atoms with Gasteiger partial charge in [-0.05, 0) is 24.5 Å². The number of para-hydroxylation sites is 1. The molecule has 2 aromatic rings. The Labute approximate surface area is 112 Å². The van der Waals surface area contributed by atoms with Crippen molar-refractivity contribution in [1.82, 2.24) is 0 Å². The van der Waals surface area contributed by atoms with E-state index in [9.17, 15) is 4.79 Å². The number of Topliss-reactive ketones (excluding diaryl/α,β-unsaturated/α-hetero) is 1. The first-order chi connectivity index (χ1) is 9.33. The van der Waals surface area contributed by atoms with Gasteiger partial charge in [0.2, 0.25) is 12.3 Å². The molecule has 2 heterocycles. The van der Waals surface area contributed by atoms with Gasteiger partial charge in [0.1, 0.15) is 0 Å².